The van der Waals surface area contributed by atoms with Crippen molar-refractivity contribution >= 4 is 18.5 Å². The summed E-state index contributed by atoms with van der Waals surface area (Å²) in [6.07, 6.45) is -0.911. The zero-order chi connectivity index (χ0) is 9.52. The molecule has 0 saturated carbocycles. The summed E-state index contributed by atoms with van der Waals surface area (Å²) in [4.78, 5) is 19.1. The van der Waals surface area contributed by atoms with Crippen LogP contribution in [0.5, 0.6) is 0 Å². The largest absolute Gasteiger partial charge is 0.476 e. The number of carbonyl (C=O) groups is 1. The monoisotopic (exact) mass is 197 g/mol. The molecule has 0 aliphatic heterocycles. The van der Waals surface area contributed by atoms with Gasteiger partial charge in [0.25, 0.3) is 0 Å². The Labute approximate surface area is 80.6 Å². The van der Waals surface area contributed by atoms with Gasteiger partial charge in [-0.1, -0.05) is 30.3 Å². The van der Waals surface area contributed by atoms with Gasteiger partial charge >= 0.3 is 6.09 Å². The summed E-state index contributed by atoms with van der Waals surface area (Å²) < 4.78 is 2.82. The topological polar surface area (TPSA) is 47.9 Å². The fourth-order valence-corrected chi connectivity index (χ4v) is 0.768. The SMILES string of the molecule is O=C(N=S)OOCc1ccccc1. The molecule has 0 aliphatic carbocycles. The van der Waals surface area contributed by atoms with Crippen molar-refractivity contribution in [2.45, 2.75) is 6.61 Å². The third-order valence-electron chi connectivity index (χ3n) is 1.27. The minimum atomic E-state index is -0.911. The maximum Gasteiger partial charge on any atom is 0.476 e. The second-order valence-corrected chi connectivity index (χ2v) is 2.37. The Morgan fingerprint density at radius 1 is 1.38 bits per heavy atom. The van der Waals surface area contributed by atoms with Crippen LogP contribution < -0.4 is 0 Å². The first kappa shape index (κ1) is 9.76. The van der Waals surface area contributed by atoms with E-state index in [1.54, 1.807) is 0 Å². The minimum absolute atomic E-state index is 0.192. The lowest BCUT2D eigenvalue weighted by Gasteiger charge is -1.99. The molecule has 4 nitrogen and oxygen atoms in total. The third-order valence-corrected chi connectivity index (χ3v) is 1.42. The van der Waals surface area contributed by atoms with Crippen molar-refractivity contribution in [1.29, 1.82) is 0 Å². The second-order valence-electron chi connectivity index (χ2n) is 2.19. The Morgan fingerprint density at radius 3 is 2.69 bits per heavy atom. The molecule has 0 aliphatic rings. The highest BCUT2D eigenvalue weighted by Crippen LogP contribution is 2.00. The quantitative estimate of drug-likeness (QED) is 0.549. The van der Waals surface area contributed by atoms with Gasteiger partial charge in [0.2, 0.25) is 0 Å². The lowest BCUT2D eigenvalue weighted by molar-refractivity contribution is -0.245. The molecule has 0 bridgehead atoms. The number of carbonyl (C=O) groups excluding carboxylic acids is 1. The average Bonchev–Trinajstić information content (AvgIpc) is 2.19. The zero-order valence-electron chi connectivity index (χ0n) is 6.67. The molecule has 0 unspecified atom stereocenters. The molecule has 1 aromatic carbocycles. The van der Waals surface area contributed by atoms with E-state index in [9.17, 15) is 4.79 Å². The fourth-order valence-electron chi connectivity index (χ4n) is 0.737. The Hall–Kier alpha value is -1.33. The van der Waals surface area contributed by atoms with Crippen LogP contribution in [0, 0.1) is 0 Å². The minimum Gasteiger partial charge on any atom is -0.273 e. The van der Waals surface area contributed by atoms with Gasteiger partial charge in [-0.05, 0) is 5.56 Å². The molecule has 0 aromatic heterocycles. The van der Waals surface area contributed by atoms with Gasteiger partial charge in [0, 0.05) is 12.4 Å². The van der Waals surface area contributed by atoms with Crippen LogP contribution in [0.15, 0.2) is 34.7 Å². The van der Waals surface area contributed by atoms with Gasteiger partial charge in [0.1, 0.15) is 6.61 Å². The first-order valence-electron chi connectivity index (χ1n) is 3.53. The summed E-state index contributed by atoms with van der Waals surface area (Å²) in [6.45, 7) is 0.192. The van der Waals surface area contributed by atoms with Crippen LogP contribution in [-0.2, 0) is 28.8 Å². The van der Waals surface area contributed by atoms with Crippen LogP contribution in [0.3, 0.4) is 0 Å². The van der Waals surface area contributed by atoms with Crippen molar-refractivity contribution in [3.63, 3.8) is 0 Å². The molecule has 1 amide bonds. The molecule has 5 heteroatoms. The standard InChI is InChI=1S/C8H7NO3S/c10-8(9-13)12-11-6-7-4-2-1-3-5-7/h1-5H,6H2. The van der Waals surface area contributed by atoms with Crippen LogP contribution >= 0.6 is 0 Å². The van der Waals surface area contributed by atoms with Crippen LogP contribution in [0.2, 0.25) is 0 Å². The average molecular weight is 197 g/mol. The van der Waals surface area contributed by atoms with Crippen LogP contribution in [0.4, 0.5) is 4.79 Å². The van der Waals surface area contributed by atoms with E-state index in [0.29, 0.717) is 0 Å². The highest BCUT2D eigenvalue weighted by atomic mass is 32.1. The predicted octanol–water partition coefficient (Wildman–Crippen LogP) is 1.99. The molecule has 1 rings (SSSR count). The van der Waals surface area contributed by atoms with Gasteiger partial charge in [-0.25, -0.2) is 4.79 Å². The van der Waals surface area contributed by atoms with Crippen molar-refractivity contribution in [2.24, 2.45) is 4.36 Å². The van der Waals surface area contributed by atoms with Crippen LogP contribution in [0.1, 0.15) is 5.56 Å². The van der Waals surface area contributed by atoms with E-state index in [-0.39, 0.29) is 6.61 Å². The smallest absolute Gasteiger partial charge is 0.273 e. The summed E-state index contributed by atoms with van der Waals surface area (Å²) >= 11 is 4.08. The lowest BCUT2D eigenvalue weighted by Crippen LogP contribution is -1.99. The number of nitrogens with zero attached hydrogens (tertiary/aromatic N) is 1. The van der Waals surface area contributed by atoms with E-state index in [1.165, 1.54) is 0 Å². The molecule has 0 heterocycles. The van der Waals surface area contributed by atoms with Gasteiger partial charge in [-0.3, -0.25) is 4.89 Å². The molecule has 0 N–H and O–H groups in total. The molecule has 68 valence electrons. The molecular weight excluding hydrogens is 190 g/mol. The Kier molecular flexibility index (Phi) is 4.01. The molecule has 0 atom stereocenters. The van der Waals surface area contributed by atoms with E-state index >= 15 is 0 Å². The van der Waals surface area contributed by atoms with Gasteiger partial charge < -0.3 is 0 Å². The first-order valence-corrected chi connectivity index (χ1v) is 3.90. The first-order chi connectivity index (χ1) is 6.33. The predicted molar refractivity (Wildman–Crippen MR) is 47.5 cm³/mol. The van der Waals surface area contributed by atoms with E-state index in [1.807, 2.05) is 30.3 Å². The summed E-state index contributed by atoms with van der Waals surface area (Å²) in [7, 11) is 0. The highest BCUT2D eigenvalue weighted by molar-refractivity contribution is 7.47. The number of amides is 1. The number of hydrogen-bond acceptors (Lipinski definition) is 4. The summed E-state index contributed by atoms with van der Waals surface area (Å²) in [5, 5.41) is 0. The summed E-state index contributed by atoms with van der Waals surface area (Å²) in [6, 6.07) is 9.29. The number of rotatable bonds is 3. The molecule has 0 saturated heterocycles. The molecule has 0 spiro atoms. The molecule has 1 aromatic rings. The second kappa shape index (κ2) is 5.34. The highest BCUT2D eigenvalue weighted by Gasteiger charge is 1.99. The van der Waals surface area contributed by atoms with Crippen molar-refractivity contribution in [2.75, 3.05) is 0 Å². The van der Waals surface area contributed by atoms with E-state index in [4.69, 9.17) is 0 Å². The van der Waals surface area contributed by atoms with E-state index in [2.05, 4.69) is 26.6 Å². The number of hydrogen-bond donors (Lipinski definition) is 0. The maximum atomic E-state index is 10.4. The Balaban J connectivity index is 2.28. The van der Waals surface area contributed by atoms with Crippen molar-refractivity contribution in [3.8, 4) is 0 Å². The van der Waals surface area contributed by atoms with Crippen molar-refractivity contribution in [1.82, 2.24) is 0 Å². The Morgan fingerprint density at radius 2 is 2.08 bits per heavy atom. The van der Waals surface area contributed by atoms with Crippen molar-refractivity contribution < 1.29 is 14.6 Å². The Bertz CT molecular complexity index is 289. The molecule has 13 heavy (non-hydrogen) atoms. The normalized spacial score (nSPS) is 9.23. The molecule has 0 fully saturated rings. The van der Waals surface area contributed by atoms with Gasteiger partial charge in [-0.2, -0.15) is 4.89 Å². The van der Waals surface area contributed by atoms with Crippen LogP contribution in [-0.4, -0.2) is 6.09 Å². The lowest BCUT2D eigenvalue weighted by atomic mass is 10.2. The molecular formula is C8H7NO3S. The third kappa shape index (κ3) is 3.73. The van der Waals surface area contributed by atoms with Gasteiger partial charge in [0.15, 0.2) is 0 Å². The molecule has 0 radical (unpaired) electrons. The number of benzene rings is 1. The van der Waals surface area contributed by atoms with Gasteiger partial charge in [-0.15, -0.1) is 4.36 Å². The fraction of sp³-hybridized carbons (Fsp3) is 0.125. The zero-order valence-corrected chi connectivity index (χ0v) is 7.49. The summed E-state index contributed by atoms with van der Waals surface area (Å²) in [5.41, 5.74) is 0.902. The van der Waals surface area contributed by atoms with Gasteiger partial charge in [0.05, 0.1) is 0 Å². The van der Waals surface area contributed by atoms with E-state index in [0.717, 1.165) is 5.56 Å². The van der Waals surface area contributed by atoms with Crippen molar-refractivity contribution in [3.05, 3.63) is 35.9 Å². The maximum absolute atomic E-state index is 10.4. The van der Waals surface area contributed by atoms with Crippen LogP contribution in [0.25, 0.3) is 0 Å². The summed E-state index contributed by atoms with van der Waals surface area (Å²) in [5.74, 6) is 0. The van der Waals surface area contributed by atoms with E-state index < -0.39 is 6.09 Å².